The number of nitrogens with one attached hydrogen (secondary N) is 1. The number of hydrogen-bond acceptors (Lipinski definition) is 5. The van der Waals surface area contributed by atoms with Gasteiger partial charge in [0, 0.05) is 24.9 Å². The van der Waals surface area contributed by atoms with Gasteiger partial charge >= 0.3 is 0 Å². The Bertz CT molecular complexity index is 903. The Morgan fingerprint density at radius 2 is 1.82 bits per heavy atom. The van der Waals surface area contributed by atoms with E-state index >= 15 is 0 Å². The SMILES string of the molecule is COc1ccc(-c2cnc(CCC(=O)NCCc3ccccc3OC)o2)cc1. The van der Waals surface area contributed by atoms with E-state index in [1.807, 2.05) is 48.5 Å². The number of amides is 1. The molecular formula is C22H24N2O4. The van der Waals surface area contributed by atoms with Crippen LogP contribution >= 0.6 is 0 Å². The Balaban J connectivity index is 1.45. The Labute approximate surface area is 164 Å². The summed E-state index contributed by atoms with van der Waals surface area (Å²) >= 11 is 0. The third kappa shape index (κ3) is 5.13. The highest BCUT2D eigenvalue weighted by molar-refractivity contribution is 5.76. The van der Waals surface area contributed by atoms with Gasteiger partial charge in [0.2, 0.25) is 5.91 Å². The topological polar surface area (TPSA) is 73.6 Å². The second-order valence-corrected chi connectivity index (χ2v) is 6.26. The maximum atomic E-state index is 12.1. The normalized spacial score (nSPS) is 10.5. The number of ether oxygens (including phenoxy) is 2. The molecule has 0 radical (unpaired) electrons. The zero-order valence-electron chi connectivity index (χ0n) is 16.1. The average molecular weight is 380 g/mol. The summed E-state index contributed by atoms with van der Waals surface area (Å²) in [5.41, 5.74) is 1.99. The van der Waals surface area contributed by atoms with Crippen LogP contribution in [0.1, 0.15) is 17.9 Å². The molecule has 0 atom stereocenters. The number of carbonyl (C=O) groups is 1. The summed E-state index contributed by atoms with van der Waals surface area (Å²) in [5, 5.41) is 2.93. The van der Waals surface area contributed by atoms with Crippen LogP contribution in [0.5, 0.6) is 11.5 Å². The van der Waals surface area contributed by atoms with E-state index in [1.165, 1.54) is 0 Å². The zero-order chi connectivity index (χ0) is 19.8. The van der Waals surface area contributed by atoms with Crippen LogP contribution in [0.25, 0.3) is 11.3 Å². The molecule has 0 spiro atoms. The van der Waals surface area contributed by atoms with Gasteiger partial charge in [-0.2, -0.15) is 0 Å². The van der Waals surface area contributed by atoms with Crippen LogP contribution < -0.4 is 14.8 Å². The lowest BCUT2D eigenvalue weighted by atomic mass is 10.1. The molecule has 0 saturated carbocycles. The average Bonchev–Trinajstić information content (AvgIpc) is 3.22. The molecule has 6 nitrogen and oxygen atoms in total. The molecule has 2 aromatic carbocycles. The van der Waals surface area contributed by atoms with E-state index in [0.29, 0.717) is 31.0 Å². The molecule has 3 rings (SSSR count). The van der Waals surface area contributed by atoms with Crippen molar-refractivity contribution >= 4 is 5.91 Å². The van der Waals surface area contributed by atoms with Crippen LogP contribution in [0.15, 0.2) is 59.1 Å². The van der Waals surface area contributed by atoms with E-state index in [1.54, 1.807) is 20.4 Å². The summed E-state index contributed by atoms with van der Waals surface area (Å²) < 4.78 is 16.2. The molecule has 0 fully saturated rings. The summed E-state index contributed by atoms with van der Waals surface area (Å²) in [6, 6.07) is 15.4. The van der Waals surface area contributed by atoms with Crippen LogP contribution in [0.3, 0.4) is 0 Å². The first-order valence-electron chi connectivity index (χ1n) is 9.17. The number of hydrogen-bond donors (Lipinski definition) is 1. The number of nitrogens with zero attached hydrogens (tertiary/aromatic N) is 1. The van der Waals surface area contributed by atoms with Crippen molar-refractivity contribution in [3.05, 3.63) is 66.2 Å². The molecule has 3 aromatic rings. The van der Waals surface area contributed by atoms with Gasteiger partial charge in [0.25, 0.3) is 0 Å². The molecular weight excluding hydrogens is 356 g/mol. The summed E-state index contributed by atoms with van der Waals surface area (Å²) in [7, 11) is 3.27. The number of para-hydroxylation sites is 1. The maximum Gasteiger partial charge on any atom is 0.220 e. The lowest BCUT2D eigenvalue weighted by Crippen LogP contribution is -2.26. The van der Waals surface area contributed by atoms with Gasteiger partial charge in [0.1, 0.15) is 11.5 Å². The molecule has 1 amide bonds. The minimum atomic E-state index is -0.0286. The molecule has 0 aliphatic rings. The van der Waals surface area contributed by atoms with E-state index in [4.69, 9.17) is 13.9 Å². The Kier molecular flexibility index (Phi) is 6.68. The van der Waals surface area contributed by atoms with E-state index in [2.05, 4.69) is 10.3 Å². The van der Waals surface area contributed by atoms with Gasteiger partial charge in [0.15, 0.2) is 11.7 Å². The molecule has 0 aliphatic carbocycles. The number of methoxy groups -OCH3 is 2. The van der Waals surface area contributed by atoms with Gasteiger partial charge in [-0.3, -0.25) is 4.79 Å². The van der Waals surface area contributed by atoms with Crippen molar-refractivity contribution in [2.45, 2.75) is 19.3 Å². The Morgan fingerprint density at radius 3 is 2.57 bits per heavy atom. The number of aromatic nitrogens is 1. The third-order valence-corrected chi connectivity index (χ3v) is 4.40. The quantitative estimate of drug-likeness (QED) is 0.613. The smallest absolute Gasteiger partial charge is 0.220 e. The lowest BCUT2D eigenvalue weighted by Gasteiger charge is -2.08. The van der Waals surface area contributed by atoms with Crippen molar-refractivity contribution in [3.63, 3.8) is 0 Å². The van der Waals surface area contributed by atoms with Gasteiger partial charge in [0.05, 0.1) is 20.4 Å². The van der Waals surface area contributed by atoms with Gasteiger partial charge in [-0.1, -0.05) is 18.2 Å². The molecule has 0 unspecified atom stereocenters. The molecule has 1 aromatic heterocycles. The van der Waals surface area contributed by atoms with Gasteiger partial charge in [-0.25, -0.2) is 4.98 Å². The van der Waals surface area contributed by atoms with E-state index < -0.39 is 0 Å². The molecule has 0 bridgehead atoms. The highest BCUT2D eigenvalue weighted by Gasteiger charge is 2.09. The van der Waals surface area contributed by atoms with Crippen molar-refractivity contribution in [2.24, 2.45) is 0 Å². The first-order chi connectivity index (χ1) is 13.7. The standard InChI is InChI=1S/C22H24N2O4/c1-26-18-9-7-17(8-10-18)20-15-24-22(28-20)12-11-21(25)23-14-13-16-5-3-4-6-19(16)27-2/h3-10,15H,11-14H2,1-2H3,(H,23,25). The summed E-state index contributed by atoms with van der Waals surface area (Å²) in [6.07, 6.45) is 3.18. The van der Waals surface area contributed by atoms with Crippen molar-refractivity contribution in [3.8, 4) is 22.8 Å². The molecule has 0 aliphatic heterocycles. The predicted octanol–water partition coefficient (Wildman–Crippen LogP) is 3.65. The van der Waals surface area contributed by atoms with Crippen LogP contribution in [-0.4, -0.2) is 31.7 Å². The molecule has 0 saturated heterocycles. The van der Waals surface area contributed by atoms with Crippen LogP contribution in [0.4, 0.5) is 0 Å². The first-order valence-corrected chi connectivity index (χ1v) is 9.17. The fourth-order valence-electron chi connectivity index (χ4n) is 2.87. The van der Waals surface area contributed by atoms with Gasteiger partial charge < -0.3 is 19.2 Å². The van der Waals surface area contributed by atoms with Crippen LogP contribution in [-0.2, 0) is 17.6 Å². The maximum absolute atomic E-state index is 12.1. The Morgan fingerprint density at radius 1 is 1.04 bits per heavy atom. The monoisotopic (exact) mass is 380 g/mol. The summed E-state index contributed by atoms with van der Waals surface area (Å²) in [4.78, 5) is 16.3. The van der Waals surface area contributed by atoms with Crippen molar-refractivity contribution in [1.82, 2.24) is 10.3 Å². The molecule has 1 heterocycles. The second-order valence-electron chi connectivity index (χ2n) is 6.26. The van der Waals surface area contributed by atoms with Crippen LogP contribution in [0.2, 0.25) is 0 Å². The molecule has 6 heteroatoms. The van der Waals surface area contributed by atoms with E-state index in [9.17, 15) is 4.79 Å². The van der Waals surface area contributed by atoms with Crippen molar-refractivity contribution in [2.75, 3.05) is 20.8 Å². The highest BCUT2D eigenvalue weighted by atomic mass is 16.5. The van der Waals surface area contributed by atoms with Crippen LogP contribution in [0, 0.1) is 0 Å². The third-order valence-electron chi connectivity index (χ3n) is 4.40. The predicted molar refractivity (Wildman–Crippen MR) is 107 cm³/mol. The van der Waals surface area contributed by atoms with Gasteiger partial charge in [-0.15, -0.1) is 0 Å². The number of aryl methyl sites for hydroxylation is 1. The fourth-order valence-corrected chi connectivity index (χ4v) is 2.87. The minimum absolute atomic E-state index is 0.0286. The number of oxazole rings is 1. The summed E-state index contributed by atoms with van der Waals surface area (Å²) in [6.45, 7) is 0.557. The van der Waals surface area contributed by atoms with Crippen molar-refractivity contribution < 1.29 is 18.7 Å². The Hall–Kier alpha value is -3.28. The van der Waals surface area contributed by atoms with E-state index in [0.717, 1.165) is 29.0 Å². The lowest BCUT2D eigenvalue weighted by molar-refractivity contribution is -0.121. The number of benzene rings is 2. The van der Waals surface area contributed by atoms with Crippen molar-refractivity contribution in [1.29, 1.82) is 0 Å². The summed E-state index contributed by atoms with van der Waals surface area (Å²) in [5.74, 6) is 2.81. The van der Waals surface area contributed by atoms with E-state index in [-0.39, 0.29) is 5.91 Å². The fraction of sp³-hybridized carbons (Fsp3) is 0.273. The number of rotatable bonds is 9. The molecule has 1 N–H and O–H groups in total. The largest absolute Gasteiger partial charge is 0.497 e. The molecule has 146 valence electrons. The minimum Gasteiger partial charge on any atom is -0.497 e. The van der Waals surface area contributed by atoms with Gasteiger partial charge in [-0.05, 0) is 42.3 Å². The zero-order valence-corrected chi connectivity index (χ0v) is 16.1. The highest BCUT2D eigenvalue weighted by Crippen LogP contribution is 2.23. The number of carbonyl (C=O) groups excluding carboxylic acids is 1. The first kappa shape index (κ1) is 19.5. The molecule has 28 heavy (non-hydrogen) atoms. The second kappa shape index (κ2) is 9.60.